The molecule has 0 amide bonds. The Morgan fingerprint density at radius 3 is 2.43 bits per heavy atom. The van der Waals surface area contributed by atoms with E-state index in [0.29, 0.717) is 13.1 Å². The number of para-hydroxylation sites is 1. The second kappa shape index (κ2) is 6.45. The minimum Gasteiger partial charge on any atom is -0.295 e. The number of aromatic nitrogens is 1. The van der Waals surface area contributed by atoms with Gasteiger partial charge < -0.3 is 0 Å². The molecule has 0 aliphatic carbocycles. The highest BCUT2D eigenvalue weighted by atomic mass is 19.3. The first kappa shape index (κ1) is 14.4. The molecule has 2 aromatic rings. The van der Waals surface area contributed by atoms with Gasteiger partial charge in [-0.25, -0.2) is 8.78 Å². The van der Waals surface area contributed by atoms with Crippen molar-refractivity contribution in [3.05, 3.63) is 42.1 Å². The molecule has 2 heterocycles. The molecule has 3 rings (SSSR count). The van der Waals surface area contributed by atoms with E-state index in [9.17, 15) is 8.78 Å². The van der Waals surface area contributed by atoms with Gasteiger partial charge in [-0.1, -0.05) is 24.3 Å². The van der Waals surface area contributed by atoms with E-state index in [2.05, 4.69) is 22.0 Å². The number of pyridine rings is 1. The summed E-state index contributed by atoms with van der Waals surface area (Å²) in [6, 6.07) is 12.2. The van der Waals surface area contributed by atoms with Crippen molar-refractivity contribution in [1.82, 2.24) is 14.8 Å². The van der Waals surface area contributed by atoms with Gasteiger partial charge in [-0.15, -0.1) is 0 Å². The molecule has 0 N–H and O–H groups in total. The van der Waals surface area contributed by atoms with E-state index in [-0.39, 0.29) is 6.54 Å². The van der Waals surface area contributed by atoms with E-state index in [1.54, 1.807) is 0 Å². The molecule has 3 nitrogen and oxygen atoms in total. The Kier molecular flexibility index (Phi) is 4.41. The summed E-state index contributed by atoms with van der Waals surface area (Å²) in [5.74, 6) is 0. The van der Waals surface area contributed by atoms with E-state index in [4.69, 9.17) is 0 Å². The van der Waals surface area contributed by atoms with Crippen LogP contribution in [-0.4, -0.2) is 53.9 Å². The van der Waals surface area contributed by atoms with Crippen LogP contribution in [0.2, 0.25) is 0 Å². The van der Waals surface area contributed by atoms with E-state index in [0.717, 1.165) is 36.2 Å². The molecule has 112 valence electrons. The maximum atomic E-state index is 12.3. The van der Waals surface area contributed by atoms with Gasteiger partial charge in [-0.05, 0) is 12.1 Å². The molecule has 0 bridgehead atoms. The molecule has 1 fully saturated rings. The van der Waals surface area contributed by atoms with Gasteiger partial charge in [-0.2, -0.15) is 0 Å². The first-order valence-corrected chi connectivity index (χ1v) is 7.28. The first-order valence-electron chi connectivity index (χ1n) is 7.28. The Labute approximate surface area is 123 Å². The predicted molar refractivity (Wildman–Crippen MR) is 79.5 cm³/mol. The highest BCUT2D eigenvalue weighted by Crippen LogP contribution is 2.14. The normalized spacial score (nSPS) is 17.7. The predicted octanol–water partition coefficient (Wildman–Crippen LogP) is 2.62. The summed E-state index contributed by atoms with van der Waals surface area (Å²) >= 11 is 0. The number of rotatable bonds is 4. The highest BCUT2D eigenvalue weighted by Gasteiger charge is 2.19. The molecule has 1 aliphatic rings. The Morgan fingerprint density at radius 1 is 0.952 bits per heavy atom. The Bertz CT molecular complexity index is 595. The second-order valence-electron chi connectivity index (χ2n) is 5.46. The van der Waals surface area contributed by atoms with Crippen molar-refractivity contribution >= 4 is 10.9 Å². The average molecular weight is 291 g/mol. The van der Waals surface area contributed by atoms with Crippen molar-refractivity contribution in [2.75, 3.05) is 32.7 Å². The van der Waals surface area contributed by atoms with Gasteiger partial charge >= 0.3 is 0 Å². The third-order valence-corrected chi connectivity index (χ3v) is 3.90. The number of benzene rings is 1. The van der Waals surface area contributed by atoms with Crippen molar-refractivity contribution in [2.24, 2.45) is 0 Å². The number of halogens is 2. The summed E-state index contributed by atoms with van der Waals surface area (Å²) in [7, 11) is 0. The van der Waals surface area contributed by atoms with Gasteiger partial charge in [0.15, 0.2) is 0 Å². The van der Waals surface area contributed by atoms with Crippen molar-refractivity contribution in [3.63, 3.8) is 0 Å². The van der Waals surface area contributed by atoms with E-state index in [1.807, 2.05) is 29.2 Å². The van der Waals surface area contributed by atoms with Crippen LogP contribution in [0.15, 0.2) is 36.4 Å². The second-order valence-corrected chi connectivity index (χ2v) is 5.46. The summed E-state index contributed by atoms with van der Waals surface area (Å²) in [5, 5.41) is 1.14. The van der Waals surface area contributed by atoms with Gasteiger partial charge in [0.1, 0.15) is 0 Å². The van der Waals surface area contributed by atoms with Crippen molar-refractivity contribution in [3.8, 4) is 0 Å². The molecular weight excluding hydrogens is 272 g/mol. The zero-order chi connectivity index (χ0) is 14.7. The molecule has 1 aromatic carbocycles. The minimum atomic E-state index is -2.24. The van der Waals surface area contributed by atoms with Crippen LogP contribution in [0.1, 0.15) is 5.69 Å². The molecule has 0 radical (unpaired) electrons. The van der Waals surface area contributed by atoms with Gasteiger partial charge in [0.25, 0.3) is 6.43 Å². The summed E-state index contributed by atoms with van der Waals surface area (Å²) in [6.45, 7) is 3.73. The lowest BCUT2D eigenvalue weighted by molar-refractivity contribution is 0.0540. The smallest absolute Gasteiger partial charge is 0.251 e. The molecule has 0 atom stereocenters. The molecule has 5 heteroatoms. The summed E-state index contributed by atoms with van der Waals surface area (Å²) in [5.41, 5.74) is 2.04. The topological polar surface area (TPSA) is 19.4 Å². The number of nitrogens with zero attached hydrogens (tertiary/aromatic N) is 3. The third-order valence-electron chi connectivity index (χ3n) is 3.90. The fraction of sp³-hybridized carbons (Fsp3) is 0.438. The molecule has 0 saturated carbocycles. The van der Waals surface area contributed by atoms with Gasteiger partial charge in [0, 0.05) is 38.1 Å². The van der Waals surface area contributed by atoms with Gasteiger partial charge in [-0.3, -0.25) is 14.8 Å². The Hall–Kier alpha value is -1.59. The first-order chi connectivity index (χ1) is 10.2. The zero-order valence-corrected chi connectivity index (χ0v) is 11.9. The minimum absolute atomic E-state index is 0.109. The van der Waals surface area contributed by atoms with Crippen LogP contribution in [0.3, 0.4) is 0 Å². The van der Waals surface area contributed by atoms with Crippen LogP contribution in [0.5, 0.6) is 0 Å². The largest absolute Gasteiger partial charge is 0.295 e. The summed E-state index contributed by atoms with van der Waals surface area (Å²) in [6.07, 6.45) is -2.24. The maximum absolute atomic E-state index is 12.3. The third kappa shape index (κ3) is 3.74. The van der Waals surface area contributed by atoms with Crippen LogP contribution >= 0.6 is 0 Å². The maximum Gasteiger partial charge on any atom is 0.251 e. The zero-order valence-electron chi connectivity index (χ0n) is 11.9. The number of fused-ring (bicyclic) bond motifs is 1. The lowest BCUT2D eigenvalue weighted by Gasteiger charge is -2.34. The van der Waals surface area contributed by atoms with Crippen molar-refractivity contribution < 1.29 is 8.78 Å². The molecule has 21 heavy (non-hydrogen) atoms. The molecule has 1 aliphatic heterocycles. The number of piperazine rings is 1. The van der Waals surface area contributed by atoms with Crippen LogP contribution in [0, 0.1) is 0 Å². The Morgan fingerprint density at radius 2 is 1.67 bits per heavy atom. The van der Waals surface area contributed by atoms with Crippen molar-refractivity contribution in [1.29, 1.82) is 0 Å². The van der Waals surface area contributed by atoms with Gasteiger partial charge in [0.2, 0.25) is 0 Å². The van der Waals surface area contributed by atoms with Crippen LogP contribution < -0.4 is 0 Å². The SMILES string of the molecule is FC(F)CN1CCN(Cc2ccc3ccccc3n2)CC1. The quantitative estimate of drug-likeness (QED) is 0.863. The van der Waals surface area contributed by atoms with E-state index in [1.165, 1.54) is 0 Å². The van der Waals surface area contributed by atoms with E-state index < -0.39 is 6.43 Å². The molecule has 0 unspecified atom stereocenters. The van der Waals surface area contributed by atoms with Crippen LogP contribution in [0.25, 0.3) is 10.9 Å². The monoisotopic (exact) mass is 291 g/mol. The van der Waals surface area contributed by atoms with Crippen molar-refractivity contribution in [2.45, 2.75) is 13.0 Å². The molecular formula is C16H19F2N3. The molecule has 0 spiro atoms. The number of alkyl halides is 2. The van der Waals surface area contributed by atoms with Crippen LogP contribution in [0.4, 0.5) is 8.78 Å². The van der Waals surface area contributed by atoms with E-state index >= 15 is 0 Å². The van der Waals surface area contributed by atoms with Crippen LogP contribution in [-0.2, 0) is 6.54 Å². The average Bonchev–Trinajstić information content (AvgIpc) is 2.49. The molecule has 1 saturated heterocycles. The lowest BCUT2D eigenvalue weighted by atomic mass is 10.2. The number of hydrogen-bond donors (Lipinski definition) is 0. The van der Waals surface area contributed by atoms with Gasteiger partial charge in [0.05, 0.1) is 17.8 Å². The fourth-order valence-corrected chi connectivity index (χ4v) is 2.75. The lowest BCUT2D eigenvalue weighted by Crippen LogP contribution is -2.47. The Balaban J connectivity index is 1.59. The summed E-state index contributed by atoms with van der Waals surface area (Å²) in [4.78, 5) is 8.77. The summed E-state index contributed by atoms with van der Waals surface area (Å²) < 4.78 is 24.7. The number of hydrogen-bond acceptors (Lipinski definition) is 3. The fourth-order valence-electron chi connectivity index (χ4n) is 2.75. The highest BCUT2D eigenvalue weighted by molar-refractivity contribution is 5.78. The standard InChI is InChI=1S/C16H19F2N3/c17-16(18)12-21-9-7-20(8-10-21)11-14-6-5-13-3-1-2-4-15(13)19-14/h1-6,16H,7-12H2. The molecule has 1 aromatic heterocycles.